The average molecular weight is 284 g/mol. The van der Waals surface area contributed by atoms with Crippen molar-refractivity contribution in [3.8, 4) is 0 Å². The van der Waals surface area contributed by atoms with E-state index in [-0.39, 0.29) is 0 Å². The zero-order valence-electron chi connectivity index (χ0n) is 14.1. The van der Waals surface area contributed by atoms with Gasteiger partial charge in [0.05, 0.1) is 13.2 Å². The maximum Gasteiger partial charge on any atom is 0.0594 e. The third-order valence-electron chi connectivity index (χ3n) is 4.48. The number of hydrogen-bond donors (Lipinski definition) is 0. The summed E-state index contributed by atoms with van der Waals surface area (Å²) < 4.78 is 5.40. The molecular weight excluding hydrogens is 248 g/mol. The minimum Gasteiger partial charge on any atom is -0.379 e. The Bertz CT molecular complexity index is 217. The van der Waals surface area contributed by atoms with Gasteiger partial charge in [0.1, 0.15) is 0 Å². The predicted molar refractivity (Wildman–Crippen MR) is 87.3 cm³/mol. The third kappa shape index (κ3) is 7.61. The SMILES string of the molecule is CCCCCC(CCC)N(C)CCCN1CCOCC1. The van der Waals surface area contributed by atoms with Crippen LogP contribution in [0.25, 0.3) is 0 Å². The van der Waals surface area contributed by atoms with Crippen LogP contribution in [0.1, 0.15) is 58.8 Å². The summed E-state index contributed by atoms with van der Waals surface area (Å²) in [6, 6.07) is 0.802. The number of unbranched alkanes of at least 4 members (excludes halogenated alkanes) is 2. The van der Waals surface area contributed by atoms with E-state index < -0.39 is 0 Å². The zero-order valence-corrected chi connectivity index (χ0v) is 14.1. The molecule has 0 amide bonds. The van der Waals surface area contributed by atoms with E-state index in [1.165, 1.54) is 58.0 Å². The molecule has 1 fully saturated rings. The van der Waals surface area contributed by atoms with E-state index in [2.05, 4.69) is 30.7 Å². The molecule has 1 aliphatic heterocycles. The minimum absolute atomic E-state index is 0.802. The number of ether oxygens (including phenoxy) is 1. The Hall–Kier alpha value is -0.120. The monoisotopic (exact) mass is 284 g/mol. The Kier molecular flexibility index (Phi) is 10.3. The van der Waals surface area contributed by atoms with Gasteiger partial charge in [-0.25, -0.2) is 0 Å². The Morgan fingerprint density at radius 1 is 1.00 bits per heavy atom. The second kappa shape index (κ2) is 11.5. The molecule has 0 radical (unpaired) electrons. The van der Waals surface area contributed by atoms with Crippen LogP contribution >= 0.6 is 0 Å². The van der Waals surface area contributed by atoms with Crippen molar-refractivity contribution in [3.05, 3.63) is 0 Å². The molecule has 0 bridgehead atoms. The fourth-order valence-electron chi connectivity index (χ4n) is 3.10. The normalized spacial score (nSPS) is 18.6. The second-order valence-corrected chi connectivity index (χ2v) is 6.23. The molecule has 0 saturated carbocycles. The number of hydrogen-bond acceptors (Lipinski definition) is 3. The Morgan fingerprint density at radius 3 is 2.40 bits per heavy atom. The van der Waals surface area contributed by atoms with Crippen LogP contribution in [-0.2, 0) is 4.74 Å². The number of nitrogens with zero attached hydrogens (tertiary/aromatic N) is 2. The highest BCUT2D eigenvalue weighted by molar-refractivity contribution is 4.70. The lowest BCUT2D eigenvalue weighted by Gasteiger charge is -2.30. The molecule has 0 spiro atoms. The van der Waals surface area contributed by atoms with Crippen LogP contribution in [0.2, 0.25) is 0 Å². The lowest BCUT2D eigenvalue weighted by molar-refractivity contribution is 0.0357. The van der Waals surface area contributed by atoms with Crippen molar-refractivity contribution in [2.75, 3.05) is 46.4 Å². The van der Waals surface area contributed by atoms with Crippen molar-refractivity contribution >= 4 is 0 Å². The van der Waals surface area contributed by atoms with Gasteiger partial charge in [-0.1, -0.05) is 39.5 Å². The van der Waals surface area contributed by atoms with E-state index in [9.17, 15) is 0 Å². The van der Waals surface area contributed by atoms with E-state index in [0.29, 0.717) is 0 Å². The molecule has 1 atom stereocenters. The first-order valence-electron chi connectivity index (χ1n) is 8.78. The standard InChI is InChI=1S/C17H36N2O/c1-4-6-7-10-17(9-5-2)18(3)11-8-12-19-13-15-20-16-14-19/h17H,4-16H2,1-3H3. The lowest BCUT2D eigenvalue weighted by atomic mass is 10.0. The first-order chi connectivity index (χ1) is 9.77. The summed E-state index contributed by atoms with van der Waals surface area (Å²) in [6.45, 7) is 11.2. The third-order valence-corrected chi connectivity index (χ3v) is 4.48. The second-order valence-electron chi connectivity index (χ2n) is 6.23. The summed E-state index contributed by atoms with van der Waals surface area (Å²) in [4.78, 5) is 5.16. The average Bonchev–Trinajstić information content (AvgIpc) is 2.47. The molecule has 20 heavy (non-hydrogen) atoms. The van der Waals surface area contributed by atoms with Crippen molar-refractivity contribution in [1.82, 2.24) is 9.80 Å². The molecule has 0 aromatic rings. The van der Waals surface area contributed by atoms with Gasteiger partial charge in [0.15, 0.2) is 0 Å². The fourth-order valence-corrected chi connectivity index (χ4v) is 3.10. The molecule has 0 aromatic carbocycles. The molecule has 120 valence electrons. The first-order valence-corrected chi connectivity index (χ1v) is 8.78. The van der Waals surface area contributed by atoms with E-state index >= 15 is 0 Å². The molecular formula is C17H36N2O. The van der Waals surface area contributed by atoms with Crippen molar-refractivity contribution in [3.63, 3.8) is 0 Å². The largest absolute Gasteiger partial charge is 0.379 e. The fraction of sp³-hybridized carbons (Fsp3) is 1.00. The van der Waals surface area contributed by atoms with Crippen molar-refractivity contribution in [2.24, 2.45) is 0 Å². The summed E-state index contributed by atoms with van der Waals surface area (Å²) >= 11 is 0. The topological polar surface area (TPSA) is 15.7 Å². The van der Waals surface area contributed by atoms with Gasteiger partial charge in [-0.2, -0.15) is 0 Å². The molecule has 1 aliphatic rings. The van der Waals surface area contributed by atoms with Crippen LogP contribution in [0.4, 0.5) is 0 Å². The number of morpholine rings is 1. The maximum absolute atomic E-state index is 5.40. The van der Waals surface area contributed by atoms with Crippen LogP contribution in [-0.4, -0.2) is 62.3 Å². The van der Waals surface area contributed by atoms with Crippen LogP contribution in [0.3, 0.4) is 0 Å². The van der Waals surface area contributed by atoms with E-state index in [1.54, 1.807) is 0 Å². The molecule has 1 rings (SSSR count). The predicted octanol–water partition coefficient (Wildman–Crippen LogP) is 3.39. The highest BCUT2D eigenvalue weighted by atomic mass is 16.5. The van der Waals surface area contributed by atoms with Gasteiger partial charge in [0.2, 0.25) is 0 Å². The quantitative estimate of drug-likeness (QED) is 0.541. The highest BCUT2D eigenvalue weighted by Gasteiger charge is 2.14. The van der Waals surface area contributed by atoms with Crippen molar-refractivity contribution in [1.29, 1.82) is 0 Å². The van der Waals surface area contributed by atoms with Gasteiger partial charge in [-0.05, 0) is 39.4 Å². The van der Waals surface area contributed by atoms with Gasteiger partial charge < -0.3 is 9.64 Å². The summed E-state index contributed by atoms with van der Waals surface area (Å²) in [7, 11) is 2.32. The molecule has 1 unspecified atom stereocenters. The van der Waals surface area contributed by atoms with Gasteiger partial charge in [-0.15, -0.1) is 0 Å². The summed E-state index contributed by atoms with van der Waals surface area (Å²) in [5.74, 6) is 0. The summed E-state index contributed by atoms with van der Waals surface area (Å²) in [5, 5.41) is 0. The maximum atomic E-state index is 5.40. The minimum atomic E-state index is 0.802. The van der Waals surface area contributed by atoms with E-state index in [4.69, 9.17) is 4.74 Å². The Morgan fingerprint density at radius 2 is 1.75 bits per heavy atom. The summed E-state index contributed by atoms with van der Waals surface area (Å²) in [6.07, 6.45) is 9.47. The van der Waals surface area contributed by atoms with Gasteiger partial charge in [0.25, 0.3) is 0 Å². The van der Waals surface area contributed by atoms with Crippen molar-refractivity contribution < 1.29 is 4.74 Å². The Balaban J connectivity index is 2.16. The zero-order chi connectivity index (χ0) is 14.6. The molecule has 1 heterocycles. The number of rotatable bonds is 11. The van der Waals surface area contributed by atoms with Crippen LogP contribution < -0.4 is 0 Å². The molecule has 0 aliphatic carbocycles. The molecule has 3 nitrogen and oxygen atoms in total. The Labute approximate surface area is 126 Å². The van der Waals surface area contributed by atoms with Gasteiger partial charge in [-0.3, -0.25) is 4.90 Å². The molecule has 1 saturated heterocycles. The van der Waals surface area contributed by atoms with E-state index in [1.807, 2.05) is 0 Å². The summed E-state index contributed by atoms with van der Waals surface area (Å²) in [5.41, 5.74) is 0. The smallest absolute Gasteiger partial charge is 0.0594 e. The van der Waals surface area contributed by atoms with E-state index in [0.717, 1.165) is 32.3 Å². The van der Waals surface area contributed by atoms with Gasteiger partial charge in [0, 0.05) is 19.1 Å². The van der Waals surface area contributed by atoms with Crippen molar-refractivity contribution in [2.45, 2.75) is 64.8 Å². The highest BCUT2D eigenvalue weighted by Crippen LogP contribution is 2.14. The molecule has 3 heteroatoms. The lowest BCUT2D eigenvalue weighted by Crippen LogP contribution is -2.39. The van der Waals surface area contributed by atoms with Gasteiger partial charge >= 0.3 is 0 Å². The van der Waals surface area contributed by atoms with Crippen LogP contribution in [0.5, 0.6) is 0 Å². The molecule has 0 N–H and O–H groups in total. The first kappa shape index (κ1) is 17.9. The van der Waals surface area contributed by atoms with Crippen LogP contribution in [0, 0.1) is 0 Å². The molecule has 0 aromatic heterocycles. The van der Waals surface area contributed by atoms with Crippen LogP contribution in [0.15, 0.2) is 0 Å².